The van der Waals surface area contributed by atoms with Gasteiger partial charge in [-0.2, -0.15) is 0 Å². The quantitative estimate of drug-likeness (QED) is 0.383. The highest BCUT2D eigenvalue weighted by atomic mass is 32.2. The predicted octanol–water partition coefficient (Wildman–Crippen LogP) is 4.38. The number of methoxy groups -OCH3 is 1. The van der Waals surface area contributed by atoms with Gasteiger partial charge in [0.15, 0.2) is 28.3 Å². The summed E-state index contributed by atoms with van der Waals surface area (Å²) >= 11 is 1.31. The number of Topliss-reactive ketones (excluding diaryl/α,β-unsaturated/α-hetero) is 1. The van der Waals surface area contributed by atoms with Gasteiger partial charge in [-0.3, -0.25) is 14.3 Å². The third kappa shape index (κ3) is 5.14. The molecule has 1 saturated heterocycles. The lowest BCUT2D eigenvalue weighted by molar-refractivity contribution is 0.102. The van der Waals surface area contributed by atoms with E-state index in [0.29, 0.717) is 10.7 Å². The molecule has 0 saturated carbocycles. The molecule has 0 N–H and O–H groups in total. The Morgan fingerprint density at radius 1 is 1.10 bits per heavy atom. The van der Waals surface area contributed by atoms with Gasteiger partial charge in [0, 0.05) is 11.3 Å². The lowest BCUT2D eigenvalue weighted by Gasteiger charge is -2.26. The van der Waals surface area contributed by atoms with Crippen LogP contribution in [0, 0.1) is 5.82 Å². The van der Waals surface area contributed by atoms with Crippen molar-refractivity contribution in [3.05, 3.63) is 65.7 Å². The van der Waals surface area contributed by atoms with E-state index in [1.807, 2.05) is 34.9 Å². The van der Waals surface area contributed by atoms with E-state index in [9.17, 15) is 9.18 Å². The van der Waals surface area contributed by atoms with Crippen molar-refractivity contribution in [1.82, 2.24) is 19.7 Å². The second-order valence-electron chi connectivity index (χ2n) is 7.47. The summed E-state index contributed by atoms with van der Waals surface area (Å²) in [6, 6.07) is 14.2. The van der Waals surface area contributed by atoms with Gasteiger partial charge in [0.05, 0.1) is 19.4 Å². The van der Waals surface area contributed by atoms with Crippen LogP contribution in [0.1, 0.15) is 35.4 Å². The first-order chi connectivity index (χ1) is 15.2. The summed E-state index contributed by atoms with van der Waals surface area (Å²) in [4.78, 5) is 15.0. The first-order valence-corrected chi connectivity index (χ1v) is 11.4. The highest BCUT2D eigenvalue weighted by molar-refractivity contribution is 7.99. The summed E-state index contributed by atoms with van der Waals surface area (Å²) in [5, 5.41) is 9.46. The highest BCUT2D eigenvalue weighted by Gasteiger charge is 2.20. The zero-order valence-electron chi connectivity index (χ0n) is 17.5. The molecule has 0 atom stereocenters. The second-order valence-corrected chi connectivity index (χ2v) is 8.41. The average Bonchev–Trinajstić information content (AvgIpc) is 3.21. The molecule has 0 unspecified atom stereocenters. The molecule has 4 rings (SSSR count). The molecule has 1 fully saturated rings. The van der Waals surface area contributed by atoms with Gasteiger partial charge >= 0.3 is 0 Å². The van der Waals surface area contributed by atoms with Crippen molar-refractivity contribution in [3.63, 3.8) is 0 Å². The first-order valence-electron chi connectivity index (χ1n) is 10.4. The predicted molar refractivity (Wildman–Crippen MR) is 118 cm³/mol. The fraction of sp³-hybridized carbons (Fsp3) is 0.348. The third-order valence-corrected chi connectivity index (χ3v) is 6.26. The summed E-state index contributed by atoms with van der Waals surface area (Å²) in [6.07, 6.45) is 3.68. The Balaban J connectivity index is 1.53. The number of ether oxygens (including phenoxy) is 1. The van der Waals surface area contributed by atoms with Crippen molar-refractivity contribution in [3.8, 4) is 11.4 Å². The lowest BCUT2D eigenvalue weighted by Crippen LogP contribution is -2.30. The molecule has 31 heavy (non-hydrogen) atoms. The Kier molecular flexibility index (Phi) is 6.99. The summed E-state index contributed by atoms with van der Waals surface area (Å²) < 4.78 is 20.9. The smallest absolute Gasteiger partial charge is 0.196 e. The molecule has 8 heteroatoms. The SMILES string of the molecule is COc1ccc(C(=O)CSc2nnc(CN3CCCCC3)n2-c2ccccc2)cc1F. The summed E-state index contributed by atoms with van der Waals surface area (Å²) in [6.45, 7) is 2.84. The number of halogens is 1. The van der Waals surface area contributed by atoms with E-state index in [2.05, 4.69) is 15.1 Å². The van der Waals surface area contributed by atoms with E-state index in [1.165, 1.54) is 50.3 Å². The number of rotatable bonds is 8. The van der Waals surface area contributed by atoms with E-state index in [0.717, 1.165) is 31.1 Å². The molecule has 0 amide bonds. The Hall–Kier alpha value is -2.71. The van der Waals surface area contributed by atoms with Crippen LogP contribution in [0.15, 0.2) is 53.7 Å². The van der Waals surface area contributed by atoms with Crippen molar-refractivity contribution in [2.45, 2.75) is 31.0 Å². The Morgan fingerprint density at radius 3 is 2.58 bits per heavy atom. The van der Waals surface area contributed by atoms with Crippen LogP contribution >= 0.6 is 11.8 Å². The Bertz CT molecular complexity index is 1040. The maximum Gasteiger partial charge on any atom is 0.196 e. The fourth-order valence-electron chi connectivity index (χ4n) is 3.70. The molecule has 6 nitrogen and oxygen atoms in total. The van der Waals surface area contributed by atoms with Gasteiger partial charge in [-0.15, -0.1) is 10.2 Å². The number of piperidine rings is 1. The largest absolute Gasteiger partial charge is 0.494 e. The minimum absolute atomic E-state index is 0.121. The monoisotopic (exact) mass is 440 g/mol. The lowest BCUT2D eigenvalue weighted by atomic mass is 10.1. The van der Waals surface area contributed by atoms with Gasteiger partial charge in [-0.05, 0) is 56.3 Å². The zero-order valence-corrected chi connectivity index (χ0v) is 18.3. The topological polar surface area (TPSA) is 60.2 Å². The van der Waals surface area contributed by atoms with Crippen LogP contribution in [0.2, 0.25) is 0 Å². The number of likely N-dealkylation sites (tertiary alicyclic amines) is 1. The average molecular weight is 441 g/mol. The maximum atomic E-state index is 14.0. The normalized spacial score (nSPS) is 14.5. The van der Waals surface area contributed by atoms with Crippen LogP contribution in [0.25, 0.3) is 5.69 Å². The molecule has 0 spiro atoms. The Morgan fingerprint density at radius 2 is 1.87 bits per heavy atom. The van der Waals surface area contributed by atoms with Crippen LogP contribution in [-0.2, 0) is 6.54 Å². The maximum absolute atomic E-state index is 14.0. The molecule has 0 bridgehead atoms. The van der Waals surface area contributed by atoms with Crippen LogP contribution in [-0.4, -0.2) is 51.4 Å². The molecular formula is C23H25FN4O2S. The first kappa shape index (κ1) is 21.5. The van der Waals surface area contributed by atoms with Crippen LogP contribution < -0.4 is 4.74 Å². The van der Waals surface area contributed by atoms with Gasteiger partial charge in [0.2, 0.25) is 0 Å². The molecule has 0 radical (unpaired) electrons. The van der Waals surface area contributed by atoms with E-state index >= 15 is 0 Å². The van der Waals surface area contributed by atoms with Gasteiger partial charge < -0.3 is 4.74 Å². The van der Waals surface area contributed by atoms with Crippen molar-refractivity contribution >= 4 is 17.5 Å². The second kappa shape index (κ2) is 10.1. The van der Waals surface area contributed by atoms with Crippen molar-refractivity contribution < 1.29 is 13.9 Å². The van der Waals surface area contributed by atoms with Gasteiger partial charge in [0.25, 0.3) is 0 Å². The van der Waals surface area contributed by atoms with Gasteiger partial charge in [-0.1, -0.05) is 36.4 Å². The van der Waals surface area contributed by atoms with E-state index in [-0.39, 0.29) is 17.3 Å². The molecule has 3 aromatic rings. The molecule has 162 valence electrons. The molecule has 1 aliphatic heterocycles. The fourth-order valence-corrected chi connectivity index (χ4v) is 4.57. The summed E-state index contributed by atoms with van der Waals surface area (Å²) in [7, 11) is 1.40. The van der Waals surface area contributed by atoms with Crippen molar-refractivity contribution in [1.29, 1.82) is 0 Å². The van der Waals surface area contributed by atoms with E-state index in [4.69, 9.17) is 4.74 Å². The molecule has 1 aliphatic rings. The number of nitrogens with zero attached hydrogens (tertiary/aromatic N) is 4. The number of carbonyl (C=O) groups excluding carboxylic acids is 1. The number of ketones is 1. The molecular weight excluding hydrogens is 415 g/mol. The number of benzene rings is 2. The van der Waals surface area contributed by atoms with Crippen LogP contribution in [0.3, 0.4) is 0 Å². The number of aromatic nitrogens is 3. The Labute approximate surface area is 185 Å². The minimum atomic E-state index is -0.547. The van der Waals surface area contributed by atoms with E-state index < -0.39 is 5.82 Å². The number of hydrogen-bond donors (Lipinski definition) is 0. The number of thioether (sulfide) groups is 1. The zero-order chi connectivity index (χ0) is 21.6. The highest BCUT2D eigenvalue weighted by Crippen LogP contribution is 2.25. The number of hydrogen-bond acceptors (Lipinski definition) is 6. The molecule has 1 aromatic heterocycles. The van der Waals surface area contributed by atoms with Gasteiger partial charge in [-0.25, -0.2) is 4.39 Å². The van der Waals surface area contributed by atoms with Crippen molar-refractivity contribution in [2.24, 2.45) is 0 Å². The van der Waals surface area contributed by atoms with Crippen molar-refractivity contribution in [2.75, 3.05) is 26.0 Å². The summed E-state index contributed by atoms with van der Waals surface area (Å²) in [5.41, 5.74) is 1.27. The molecule has 2 aromatic carbocycles. The minimum Gasteiger partial charge on any atom is -0.494 e. The van der Waals surface area contributed by atoms with Crippen LogP contribution in [0.5, 0.6) is 5.75 Å². The van der Waals surface area contributed by atoms with E-state index in [1.54, 1.807) is 6.07 Å². The standard InChI is InChI=1S/C23H25FN4O2S/c1-30-21-11-10-17(14-19(21)24)20(29)16-31-23-26-25-22(15-27-12-6-3-7-13-27)28(23)18-8-4-2-5-9-18/h2,4-5,8-11,14H,3,6-7,12-13,15-16H2,1H3. The van der Waals surface area contributed by atoms with Crippen LogP contribution in [0.4, 0.5) is 4.39 Å². The molecule has 0 aliphatic carbocycles. The van der Waals surface area contributed by atoms with Gasteiger partial charge in [0.1, 0.15) is 0 Å². The molecule has 2 heterocycles. The number of carbonyl (C=O) groups is 1. The third-order valence-electron chi connectivity index (χ3n) is 5.33. The number of para-hydroxylation sites is 1. The summed E-state index contributed by atoms with van der Waals surface area (Å²) in [5.74, 6) is 0.399.